The van der Waals surface area contributed by atoms with Gasteiger partial charge < -0.3 is 14.5 Å². The maximum atomic E-state index is 13.9. The van der Waals surface area contributed by atoms with Crippen LogP contribution in [0.4, 0.5) is 0 Å². The number of rotatable bonds is 6. The topological polar surface area (TPSA) is 97.0 Å². The first-order valence-electron chi connectivity index (χ1n) is 14.3. The highest BCUT2D eigenvalue weighted by Crippen LogP contribution is 2.47. The Hall–Kier alpha value is -2.74. The van der Waals surface area contributed by atoms with Crippen molar-refractivity contribution in [1.29, 1.82) is 0 Å². The van der Waals surface area contributed by atoms with Crippen LogP contribution in [0.2, 0.25) is 0 Å². The van der Waals surface area contributed by atoms with Crippen LogP contribution in [0.1, 0.15) is 89.3 Å². The molecule has 37 heavy (non-hydrogen) atoms. The monoisotopic (exact) mass is 506 g/mol. The quantitative estimate of drug-likeness (QED) is 0.449. The molecule has 4 aliphatic rings. The highest BCUT2D eigenvalue weighted by atomic mass is 16.6. The molecule has 4 fully saturated rings. The third-order valence-corrected chi connectivity index (χ3v) is 9.40. The van der Waals surface area contributed by atoms with Crippen LogP contribution in [0.5, 0.6) is 0 Å². The normalized spacial score (nSPS) is 32.3. The van der Waals surface area contributed by atoms with E-state index in [-0.39, 0.29) is 23.9 Å². The number of piperidine rings is 2. The Morgan fingerprint density at radius 1 is 0.973 bits per heavy atom. The number of aromatic nitrogens is 2. The standard InChI is InChI=1S/C29H38N4O4/c1-2-37-31-27(29(35)36)26-28(34)33(25-12-4-3-11-24(25)30-26)23-16-20-9-6-10-21(17-23)32(20)22-14-18-7-5-8-19(13-18)15-22/h3-4,11-12,18-23H,2,5-10,13-17H2,1H3,(H,35,36)/t18?,19?,20-,21+,22?,23?. The fraction of sp³-hybridized carbons (Fsp3) is 0.655. The first-order chi connectivity index (χ1) is 18.0. The van der Waals surface area contributed by atoms with Gasteiger partial charge in [-0.25, -0.2) is 9.78 Å². The number of hydrogen-bond donors (Lipinski definition) is 1. The largest absolute Gasteiger partial charge is 0.476 e. The molecule has 0 spiro atoms. The van der Waals surface area contributed by atoms with Crippen molar-refractivity contribution in [2.24, 2.45) is 17.0 Å². The molecule has 3 heterocycles. The van der Waals surface area contributed by atoms with E-state index in [1.807, 2.05) is 28.8 Å². The van der Waals surface area contributed by atoms with Gasteiger partial charge in [0.15, 0.2) is 5.69 Å². The molecule has 6 rings (SSSR count). The molecular weight excluding hydrogens is 468 g/mol. The SMILES string of the molecule is CCON=C(C(=O)O)c1nc2ccccc2n(C2C[C@H]3CCC[C@@H](C2)N3C2CC3CCCC(C3)C2)c1=O. The van der Waals surface area contributed by atoms with Gasteiger partial charge in [0.2, 0.25) is 5.71 Å². The van der Waals surface area contributed by atoms with Crippen LogP contribution in [0.25, 0.3) is 11.0 Å². The van der Waals surface area contributed by atoms with E-state index in [0.717, 1.165) is 30.2 Å². The Bertz CT molecular complexity index is 1230. The smallest absolute Gasteiger partial charge is 0.360 e. The number of aliphatic carboxylic acids is 1. The van der Waals surface area contributed by atoms with E-state index in [0.29, 0.717) is 23.6 Å². The van der Waals surface area contributed by atoms with Crippen molar-refractivity contribution in [3.05, 3.63) is 40.3 Å². The molecule has 198 valence electrons. The van der Waals surface area contributed by atoms with Gasteiger partial charge in [0.25, 0.3) is 5.56 Å². The molecule has 0 radical (unpaired) electrons. The summed E-state index contributed by atoms with van der Waals surface area (Å²) < 4.78 is 1.83. The Morgan fingerprint density at radius 2 is 1.65 bits per heavy atom. The van der Waals surface area contributed by atoms with Gasteiger partial charge in [-0.3, -0.25) is 9.69 Å². The van der Waals surface area contributed by atoms with Crippen LogP contribution in [-0.4, -0.2) is 56.0 Å². The van der Waals surface area contributed by atoms with Crippen molar-refractivity contribution < 1.29 is 14.7 Å². The van der Waals surface area contributed by atoms with E-state index in [4.69, 9.17) is 4.84 Å². The van der Waals surface area contributed by atoms with Crippen LogP contribution >= 0.6 is 0 Å². The highest BCUT2D eigenvalue weighted by Gasteiger charge is 2.45. The summed E-state index contributed by atoms with van der Waals surface area (Å²) in [5.41, 5.74) is 0.407. The molecule has 2 aromatic rings. The minimum Gasteiger partial charge on any atom is -0.476 e. The van der Waals surface area contributed by atoms with Gasteiger partial charge in [-0.1, -0.05) is 43.0 Å². The van der Waals surface area contributed by atoms with Crippen molar-refractivity contribution in [3.63, 3.8) is 0 Å². The lowest BCUT2D eigenvalue weighted by molar-refractivity contribution is -0.129. The van der Waals surface area contributed by atoms with Crippen LogP contribution < -0.4 is 5.56 Å². The van der Waals surface area contributed by atoms with Crippen molar-refractivity contribution in [3.8, 4) is 0 Å². The fourth-order valence-electron chi connectivity index (χ4n) is 8.12. The molecule has 2 saturated heterocycles. The predicted molar refractivity (Wildman–Crippen MR) is 142 cm³/mol. The lowest BCUT2D eigenvalue weighted by Gasteiger charge is -2.55. The molecule has 2 aliphatic carbocycles. The fourth-order valence-corrected chi connectivity index (χ4v) is 8.12. The zero-order valence-corrected chi connectivity index (χ0v) is 21.7. The first kappa shape index (κ1) is 24.6. The number of para-hydroxylation sites is 2. The van der Waals surface area contributed by atoms with E-state index < -0.39 is 11.7 Å². The number of fused-ring (bicyclic) bond motifs is 5. The second-order valence-electron chi connectivity index (χ2n) is 11.6. The number of benzene rings is 1. The number of carboxylic acid groups (broad SMARTS) is 1. The third-order valence-electron chi connectivity index (χ3n) is 9.40. The second kappa shape index (κ2) is 10.2. The van der Waals surface area contributed by atoms with Gasteiger partial charge in [0, 0.05) is 24.2 Å². The lowest BCUT2D eigenvalue weighted by Crippen LogP contribution is -2.58. The molecule has 4 bridgehead atoms. The maximum Gasteiger partial charge on any atom is 0.360 e. The van der Waals surface area contributed by atoms with Crippen molar-refractivity contribution in [2.45, 2.75) is 102 Å². The van der Waals surface area contributed by atoms with Gasteiger partial charge in [0.1, 0.15) is 6.61 Å². The molecular formula is C29H38N4O4. The Kier molecular flexibility index (Phi) is 6.78. The van der Waals surface area contributed by atoms with Crippen molar-refractivity contribution in [1.82, 2.24) is 14.5 Å². The summed E-state index contributed by atoms with van der Waals surface area (Å²) in [6.07, 6.45) is 13.7. The minimum atomic E-state index is -1.31. The van der Waals surface area contributed by atoms with E-state index in [1.165, 1.54) is 57.8 Å². The third kappa shape index (κ3) is 4.58. The Labute approximate surface area is 217 Å². The number of carbonyl (C=O) groups is 1. The predicted octanol–water partition coefficient (Wildman–Crippen LogP) is 4.75. The first-order valence-corrected chi connectivity index (χ1v) is 14.3. The molecule has 3 unspecified atom stereocenters. The number of oxime groups is 1. The Balaban J connectivity index is 1.37. The van der Waals surface area contributed by atoms with Crippen LogP contribution in [0.3, 0.4) is 0 Å². The van der Waals surface area contributed by atoms with Gasteiger partial charge >= 0.3 is 5.97 Å². The van der Waals surface area contributed by atoms with Crippen molar-refractivity contribution in [2.75, 3.05) is 6.61 Å². The van der Waals surface area contributed by atoms with E-state index in [2.05, 4.69) is 15.0 Å². The van der Waals surface area contributed by atoms with Crippen LogP contribution in [0.15, 0.2) is 34.2 Å². The zero-order chi connectivity index (χ0) is 25.5. The molecule has 0 amide bonds. The molecule has 8 heteroatoms. The second-order valence-corrected chi connectivity index (χ2v) is 11.6. The van der Waals surface area contributed by atoms with E-state index in [1.54, 1.807) is 6.92 Å². The van der Waals surface area contributed by atoms with Crippen LogP contribution in [-0.2, 0) is 9.63 Å². The molecule has 1 N–H and O–H groups in total. The highest BCUT2D eigenvalue weighted by molar-refractivity contribution is 6.41. The molecule has 5 atom stereocenters. The minimum absolute atomic E-state index is 0.0101. The van der Waals surface area contributed by atoms with E-state index >= 15 is 0 Å². The summed E-state index contributed by atoms with van der Waals surface area (Å²) in [5, 5.41) is 13.6. The number of hydrogen-bond acceptors (Lipinski definition) is 6. The molecule has 2 saturated carbocycles. The molecule has 8 nitrogen and oxygen atoms in total. The summed E-state index contributed by atoms with van der Waals surface area (Å²) >= 11 is 0. The summed E-state index contributed by atoms with van der Waals surface area (Å²) in [6, 6.07) is 9.19. The molecule has 2 aliphatic heterocycles. The number of nitrogens with zero attached hydrogens (tertiary/aromatic N) is 4. The number of carboxylic acids is 1. The summed E-state index contributed by atoms with van der Waals surface area (Å²) in [5.74, 6) is 0.475. The summed E-state index contributed by atoms with van der Waals surface area (Å²) in [4.78, 5) is 38.3. The van der Waals surface area contributed by atoms with Gasteiger partial charge in [-0.2, -0.15) is 0 Å². The summed E-state index contributed by atoms with van der Waals surface area (Å²) in [7, 11) is 0. The van der Waals surface area contributed by atoms with Crippen molar-refractivity contribution >= 4 is 22.7 Å². The lowest BCUT2D eigenvalue weighted by atomic mass is 9.68. The summed E-state index contributed by atoms with van der Waals surface area (Å²) in [6.45, 7) is 1.93. The van der Waals surface area contributed by atoms with Gasteiger partial charge in [-0.15, -0.1) is 0 Å². The average molecular weight is 507 g/mol. The Morgan fingerprint density at radius 3 is 2.32 bits per heavy atom. The average Bonchev–Trinajstić information content (AvgIpc) is 2.88. The maximum absolute atomic E-state index is 13.9. The van der Waals surface area contributed by atoms with Gasteiger partial charge in [-0.05, 0) is 75.8 Å². The van der Waals surface area contributed by atoms with E-state index in [9.17, 15) is 14.7 Å². The zero-order valence-electron chi connectivity index (χ0n) is 21.7. The van der Waals surface area contributed by atoms with Gasteiger partial charge in [0.05, 0.1) is 11.0 Å². The molecule has 1 aromatic heterocycles. The molecule has 1 aromatic carbocycles. The van der Waals surface area contributed by atoms with Crippen LogP contribution in [0, 0.1) is 11.8 Å².